The van der Waals surface area contributed by atoms with Gasteiger partial charge < -0.3 is 0 Å². The van der Waals surface area contributed by atoms with Crippen LogP contribution in [0.3, 0.4) is 0 Å². The zero-order valence-electron chi connectivity index (χ0n) is 18.2. The molecule has 1 N–H and O–H groups in total. The molecule has 4 aromatic carbocycles. The van der Waals surface area contributed by atoms with E-state index >= 15 is 0 Å². The van der Waals surface area contributed by atoms with Crippen LogP contribution in [0.4, 0.5) is 5.69 Å². The van der Waals surface area contributed by atoms with Crippen molar-refractivity contribution in [1.29, 1.82) is 0 Å². The maximum absolute atomic E-state index is 12.6. The van der Waals surface area contributed by atoms with E-state index in [0.717, 1.165) is 41.0 Å². The molecule has 0 unspecified atom stereocenters. The molecule has 7 heteroatoms. The Hall–Kier alpha value is -3.61. The minimum atomic E-state index is -3.67. The Balaban J connectivity index is 1.33. The molecule has 34 heavy (non-hydrogen) atoms. The molecule has 1 heterocycles. The summed E-state index contributed by atoms with van der Waals surface area (Å²) < 4.78 is 30.0. The monoisotopic (exact) mass is 487 g/mol. The summed E-state index contributed by atoms with van der Waals surface area (Å²) in [6, 6.07) is 31.9. The van der Waals surface area contributed by atoms with Gasteiger partial charge in [-0.25, -0.2) is 13.4 Å². The van der Waals surface area contributed by atoms with Crippen molar-refractivity contribution >= 4 is 38.3 Å². The Morgan fingerprint density at radius 1 is 0.765 bits per heavy atom. The summed E-state index contributed by atoms with van der Waals surface area (Å²) in [5.74, 6) is 0.986. The summed E-state index contributed by atoms with van der Waals surface area (Å²) in [6.45, 7) is 0. The zero-order chi connectivity index (χ0) is 23.5. The van der Waals surface area contributed by atoms with E-state index in [1.54, 1.807) is 24.3 Å². The number of fused-ring (bicyclic) bond motifs is 1. The number of nitrogens with zero attached hydrogens (tertiary/aromatic N) is 2. The standard InChI is InChI=1S/C27H22ClN3O2S/c28-21-13-17-24(18-14-21)34(32,33)30-22-15-10-20(11-16-22)12-19-27-29-25-8-4-5-9-26(25)31(27)23-6-2-1-3-7-23/h1-11,13-18,30H,12,19H2. The highest BCUT2D eigenvalue weighted by Crippen LogP contribution is 2.23. The van der Waals surface area contributed by atoms with Gasteiger partial charge in [0.25, 0.3) is 10.0 Å². The fraction of sp³-hybridized carbons (Fsp3) is 0.0741. The Morgan fingerprint density at radius 3 is 2.18 bits per heavy atom. The van der Waals surface area contributed by atoms with Crippen LogP contribution in [0.15, 0.2) is 108 Å². The molecule has 170 valence electrons. The third kappa shape index (κ3) is 4.69. The highest BCUT2D eigenvalue weighted by atomic mass is 35.5. The average molecular weight is 488 g/mol. The number of nitrogens with one attached hydrogen (secondary N) is 1. The van der Waals surface area contributed by atoms with Gasteiger partial charge in [0.1, 0.15) is 5.82 Å². The Kier molecular flexibility index (Phi) is 6.09. The lowest BCUT2D eigenvalue weighted by atomic mass is 10.1. The first-order valence-corrected chi connectivity index (χ1v) is 12.7. The van der Waals surface area contributed by atoms with Crippen LogP contribution in [0, 0.1) is 0 Å². The molecule has 0 spiro atoms. The van der Waals surface area contributed by atoms with Gasteiger partial charge in [0.15, 0.2) is 0 Å². The van der Waals surface area contributed by atoms with Crippen LogP contribution in [0.2, 0.25) is 5.02 Å². The van der Waals surface area contributed by atoms with E-state index in [2.05, 4.69) is 27.5 Å². The van der Waals surface area contributed by atoms with Crippen molar-refractivity contribution in [3.8, 4) is 5.69 Å². The van der Waals surface area contributed by atoms with Crippen molar-refractivity contribution in [3.63, 3.8) is 0 Å². The minimum Gasteiger partial charge on any atom is -0.296 e. The second kappa shape index (κ2) is 9.33. The number of para-hydroxylation sites is 3. The Bertz CT molecular complexity index is 1530. The molecule has 0 saturated carbocycles. The largest absolute Gasteiger partial charge is 0.296 e. The number of halogens is 1. The predicted octanol–water partition coefficient (Wildman–Crippen LogP) is 6.26. The number of hydrogen-bond acceptors (Lipinski definition) is 3. The van der Waals surface area contributed by atoms with Crippen LogP contribution in [-0.4, -0.2) is 18.0 Å². The second-order valence-corrected chi connectivity index (χ2v) is 10.1. The lowest BCUT2D eigenvalue weighted by molar-refractivity contribution is 0.601. The molecular weight excluding hydrogens is 466 g/mol. The average Bonchev–Trinajstić information content (AvgIpc) is 3.23. The van der Waals surface area contributed by atoms with Gasteiger partial charge in [-0.3, -0.25) is 9.29 Å². The molecule has 0 bridgehead atoms. The summed E-state index contributed by atoms with van der Waals surface area (Å²) in [7, 11) is -3.67. The quantitative estimate of drug-likeness (QED) is 0.294. The van der Waals surface area contributed by atoms with Gasteiger partial charge in [-0.15, -0.1) is 0 Å². The summed E-state index contributed by atoms with van der Waals surface area (Å²) in [6.07, 6.45) is 1.53. The van der Waals surface area contributed by atoms with Crippen molar-refractivity contribution in [2.75, 3.05) is 4.72 Å². The number of sulfonamides is 1. The molecule has 0 radical (unpaired) electrons. The molecule has 1 aromatic heterocycles. The Morgan fingerprint density at radius 2 is 1.44 bits per heavy atom. The number of benzene rings is 4. The van der Waals surface area contributed by atoms with Gasteiger partial charge in [0.05, 0.1) is 15.9 Å². The normalized spacial score (nSPS) is 11.6. The third-order valence-electron chi connectivity index (χ3n) is 5.61. The maximum atomic E-state index is 12.6. The molecule has 0 atom stereocenters. The number of hydrogen-bond donors (Lipinski definition) is 1. The molecule has 0 saturated heterocycles. The number of anilines is 1. The highest BCUT2D eigenvalue weighted by molar-refractivity contribution is 7.92. The molecule has 0 fully saturated rings. The number of aromatic nitrogens is 2. The molecule has 0 aliphatic rings. The van der Waals surface area contributed by atoms with E-state index in [9.17, 15) is 8.42 Å². The predicted molar refractivity (Wildman–Crippen MR) is 137 cm³/mol. The van der Waals surface area contributed by atoms with Gasteiger partial charge in [-0.05, 0) is 72.6 Å². The van der Waals surface area contributed by atoms with Crippen LogP contribution < -0.4 is 4.72 Å². The van der Waals surface area contributed by atoms with Gasteiger partial charge in [0.2, 0.25) is 0 Å². The van der Waals surface area contributed by atoms with Gasteiger partial charge in [-0.1, -0.05) is 54.1 Å². The smallest absolute Gasteiger partial charge is 0.261 e. The van der Waals surface area contributed by atoms with Gasteiger partial charge >= 0.3 is 0 Å². The van der Waals surface area contributed by atoms with E-state index in [-0.39, 0.29) is 4.90 Å². The molecule has 5 aromatic rings. The second-order valence-electron chi connectivity index (χ2n) is 7.94. The van der Waals surface area contributed by atoms with Crippen molar-refractivity contribution in [3.05, 3.63) is 120 Å². The fourth-order valence-corrected chi connectivity index (χ4v) is 5.12. The molecule has 0 aliphatic carbocycles. The first-order valence-electron chi connectivity index (χ1n) is 10.9. The van der Waals surface area contributed by atoms with E-state index in [4.69, 9.17) is 16.6 Å². The fourth-order valence-electron chi connectivity index (χ4n) is 3.93. The van der Waals surface area contributed by atoms with E-state index in [1.165, 1.54) is 12.1 Å². The third-order valence-corrected chi connectivity index (χ3v) is 7.26. The van der Waals surface area contributed by atoms with Crippen molar-refractivity contribution in [2.45, 2.75) is 17.7 Å². The Labute approximate surface area is 203 Å². The van der Waals surface area contributed by atoms with Crippen LogP contribution in [-0.2, 0) is 22.9 Å². The SMILES string of the molecule is O=S(=O)(Nc1ccc(CCc2nc3ccccc3n2-c2ccccc2)cc1)c1ccc(Cl)cc1. The number of aryl methyl sites for hydroxylation is 2. The van der Waals surface area contributed by atoms with E-state index in [1.807, 2.05) is 48.5 Å². The van der Waals surface area contributed by atoms with Crippen LogP contribution in [0.5, 0.6) is 0 Å². The van der Waals surface area contributed by atoms with Gasteiger partial charge in [0, 0.05) is 22.8 Å². The lowest BCUT2D eigenvalue weighted by Crippen LogP contribution is -2.12. The van der Waals surface area contributed by atoms with Crippen LogP contribution in [0.1, 0.15) is 11.4 Å². The van der Waals surface area contributed by atoms with Crippen LogP contribution >= 0.6 is 11.6 Å². The number of rotatable bonds is 7. The number of imidazole rings is 1. The summed E-state index contributed by atoms with van der Waals surface area (Å²) in [4.78, 5) is 5.04. The van der Waals surface area contributed by atoms with Gasteiger partial charge in [-0.2, -0.15) is 0 Å². The highest BCUT2D eigenvalue weighted by Gasteiger charge is 2.15. The summed E-state index contributed by atoms with van der Waals surface area (Å²) >= 11 is 5.86. The lowest BCUT2D eigenvalue weighted by Gasteiger charge is -2.10. The topological polar surface area (TPSA) is 64.0 Å². The van der Waals surface area contributed by atoms with E-state index < -0.39 is 10.0 Å². The molecule has 5 nitrogen and oxygen atoms in total. The van der Waals surface area contributed by atoms with Crippen molar-refractivity contribution in [1.82, 2.24) is 9.55 Å². The first-order chi connectivity index (χ1) is 16.5. The molecule has 0 aliphatic heterocycles. The zero-order valence-corrected chi connectivity index (χ0v) is 19.8. The summed E-state index contributed by atoms with van der Waals surface area (Å²) in [5.41, 5.74) is 4.73. The molecular formula is C27H22ClN3O2S. The summed E-state index contributed by atoms with van der Waals surface area (Å²) in [5, 5.41) is 0.490. The minimum absolute atomic E-state index is 0.167. The molecule has 0 amide bonds. The van der Waals surface area contributed by atoms with Crippen LogP contribution in [0.25, 0.3) is 16.7 Å². The maximum Gasteiger partial charge on any atom is 0.261 e. The van der Waals surface area contributed by atoms with E-state index in [0.29, 0.717) is 10.7 Å². The first kappa shape index (κ1) is 22.2. The van der Waals surface area contributed by atoms with Crippen molar-refractivity contribution in [2.24, 2.45) is 0 Å². The van der Waals surface area contributed by atoms with Crippen molar-refractivity contribution < 1.29 is 8.42 Å². The molecule has 5 rings (SSSR count).